The Hall–Kier alpha value is -0.0600. The Morgan fingerprint density at radius 2 is 2.29 bits per heavy atom. The molecule has 78 valence electrons. The first-order chi connectivity index (χ1) is 6.63. The molecule has 0 aliphatic carbocycles. The lowest BCUT2D eigenvalue weighted by molar-refractivity contribution is 0.199. The van der Waals surface area contributed by atoms with Gasteiger partial charge in [0, 0.05) is 16.6 Å². The van der Waals surface area contributed by atoms with E-state index < -0.39 is 6.10 Å². The van der Waals surface area contributed by atoms with Crippen LogP contribution in [0.1, 0.15) is 5.56 Å². The molecule has 14 heavy (non-hydrogen) atoms. The van der Waals surface area contributed by atoms with Crippen molar-refractivity contribution in [3.63, 3.8) is 0 Å². The summed E-state index contributed by atoms with van der Waals surface area (Å²) in [4.78, 5) is 0. The van der Waals surface area contributed by atoms with Gasteiger partial charge in [-0.2, -0.15) is 11.8 Å². The van der Waals surface area contributed by atoms with Crippen LogP contribution in [0, 0.1) is 5.82 Å². The second-order valence-corrected chi connectivity index (χ2v) is 4.88. The van der Waals surface area contributed by atoms with E-state index in [0.29, 0.717) is 17.7 Å². The highest BCUT2D eigenvalue weighted by Gasteiger charge is 2.08. The van der Waals surface area contributed by atoms with Gasteiger partial charge in [-0.3, -0.25) is 0 Å². The van der Waals surface area contributed by atoms with Crippen molar-refractivity contribution in [3.8, 4) is 0 Å². The molecule has 0 heterocycles. The molecule has 0 spiro atoms. The maximum Gasteiger partial charge on any atom is 0.127 e. The molecule has 1 N–H and O–H groups in total. The Morgan fingerprint density at radius 1 is 1.57 bits per heavy atom. The molecule has 1 aromatic carbocycles. The number of benzene rings is 1. The Bertz CT molecular complexity index is 306. The van der Waals surface area contributed by atoms with Gasteiger partial charge in [0.05, 0.1) is 6.10 Å². The molecule has 0 aromatic heterocycles. The molecule has 0 saturated heterocycles. The smallest absolute Gasteiger partial charge is 0.127 e. The van der Waals surface area contributed by atoms with Crippen LogP contribution in [0.15, 0.2) is 22.7 Å². The normalized spacial score (nSPS) is 12.9. The number of rotatable bonds is 4. The van der Waals surface area contributed by atoms with Crippen molar-refractivity contribution in [3.05, 3.63) is 34.1 Å². The molecule has 0 fully saturated rings. The maximum atomic E-state index is 13.3. The van der Waals surface area contributed by atoms with Gasteiger partial charge in [-0.05, 0) is 24.0 Å². The molecule has 1 atom stereocenters. The molecular weight excluding hydrogens is 267 g/mol. The molecule has 0 aliphatic rings. The fraction of sp³-hybridized carbons (Fsp3) is 0.400. The van der Waals surface area contributed by atoms with Gasteiger partial charge in [0.15, 0.2) is 0 Å². The highest BCUT2D eigenvalue weighted by Crippen LogP contribution is 2.17. The zero-order valence-corrected chi connectivity index (χ0v) is 10.2. The van der Waals surface area contributed by atoms with Gasteiger partial charge in [0.2, 0.25) is 0 Å². The summed E-state index contributed by atoms with van der Waals surface area (Å²) in [7, 11) is 0. The molecule has 1 nitrogen and oxygen atoms in total. The van der Waals surface area contributed by atoms with Gasteiger partial charge in [-0.25, -0.2) is 4.39 Å². The summed E-state index contributed by atoms with van der Waals surface area (Å²) in [6, 6.07) is 4.90. The van der Waals surface area contributed by atoms with Crippen LogP contribution in [0.2, 0.25) is 0 Å². The quantitative estimate of drug-likeness (QED) is 0.914. The van der Waals surface area contributed by atoms with E-state index in [2.05, 4.69) is 15.9 Å². The lowest BCUT2D eigenvalue weighted by Gasteiger charge is -2.09. The first-order valence-corrected chi connectivity index (χ1v) is 6.43. The minimum Gasteiger partial charge on any atom is -0.392 e. The summed E-state index contributed by atoms with van der Waals surface area (Å²) in [5.41, 5.74) is 0.565. The average molecular weight is 279 g/mol. The lowest BCUT2D eigenvalue weighted by atomic mass is 10.1. The van der Waals surface area contributed by atoms with Crippen LogP contribution in [0.4, 0.5) is 4.39 Å². The van der Waals surface area contributed by atoms with E-state index in [1.165, 1.54) is 6.07 Å². The van der Waals surface area contributed by atoms with E-state index in [0.717, 1.165) is 4.47 Å². The van der Waals surface area contributed by atoms with Gasteiger partial charge in [0.25, 0.3) is 0 Å². The molecule has 0 amide bonds. The predicted octanol–water partition coefficient (Wildman–Crippen LogP) is 2.85. The highest BCUT2D eigenvalue weighted by molar-refractivity contribution is 9.10. The van der Waals surface area contributed by atoms with E-state index in [9.17, 15) is 9.50 Å². The summed E-state index contributed by atoms with van der Waals surface area (Å²) in [5.74, 6) is 0.370. The summed E-state index contributed by atoms with van der Waals surface area (Å²) in [6.07, 6.45) is 1.82. The van der Waals surface area contributed by atoms with E-state index >= 15 is 0 Å². The summed E-state index contributed by atoms with van der Waals surface area (Å²) in [5, 5.41) is 9.50. The average Bonchev–Trinajstić information content (AvgIpc) is 2.10. The first-order valence-electron chi connectivity index (χ1n) is 4.24. The minimum absolute atomic E-state index is 0.264. The van der Waals surface area contributed by atoms with Crippen LogP contribution in [-0.4, -0.2) is 23.2 Å². The third-order valence-electron chi connectivity index (χ3n) is 1.83. The zero-order chi connectivity index (χ0) is 10.6. The monoisotopic (exact) mass is 278 g/mol. The van der Waals surface area contributed by atoms with Crippen LogP contribution in [-0.2, 0) is 6.42 Å². The Labute approximate surface area is 95.8 Å². The standard InChI is InChI=1S/C10H12BrFOS/c1-14-6-9(13)4-7-2-3-8(11)5-10(7)12/h2-3,5,9,13H,4,6H2,1H3. The number of hydrogen-bond donors (Lipinski definition) is 1. The lowest BCUT2D eigenvalue weighted by Crippen LogP contribution is -2.14. The molecule has 1 rings (SSSR count). The summed E-state index contributed by atoms with van der Waals surface area (Å²) >= 11 is 4.74. The van der Waals surface area contributed by atoms with Gasteiger partial charge >= 0.3 is 0 Å². The molecule has 0 bridgehead atoms. The summed E-state index contributed by atoms with van der Waals surface area (Å²) in [6.45, 7) is 0. The number of thioether (sulfide) groups is 1. The van der Waals surface area contributed by atoms with Crippen molar-refractivity contribution in [2.45, 2.75) is 12.5 Å². The molecule has 0 aliphatic heterocycles. The number of hydrogen-bond acceptors (Lipinski definition) is 2. The maximum absolute atomic E-state index is 13.3. The minimum atomic E-state index is -0.472. The number of aliphatic hydroxyl groups is 1. The van der Waals surface area contributed by atoms with E-state index in [1.54, 1.807) is 23.9 Å². The zero-order valence-electron chi connectivity index (χ0n) is 7.84. The third-order valence-corrected chi connectivity index (χ3v) is 3.04. The van der Waals surface area contributed by atoms with Crippen LogP contribution in [0.3, 0.4) is 0 Å². The third kappa shape index (κ3) is 3.59. The van der Waals surface area contributed by atoms with Crippen LogP contribution in [0.25, 0.3) is 0 Å². The molecule has 4 heteroatoms. The Morgan fingerprint density at radius 3 is 2.86 bits per heavy atom. The second-order valence-electron chi connectivity index (χ2n) is 3.05. The SMILES string of the molecule is CSCC(O)Cc1ccc(Br)cc1F. The highest BCUT2D eigenvalue weighted by atomic mass is 79.9. The predicted molar refractivity (Wildman–Crippen MR) is 62.2 cm³/mol. The number of halogens is 2. The van der Waals surface area contributed by atoms with Crippen LogP contribution < -0.4 is 0 Å². The fourth-order valence-corrected chi connectivity index (χ4v) is 2.03. The molecular formula is C10H12BrFOS. The largest absolute Gasteiger partial charge is 0.392 e. The van der Waals surface area contributed by atoms with Gasteiger partial charge in [-0.15, -0.1) is 0 Å². The molecule has 0 saturated carbocycles. The van der Waals surface area contributed by atoms with Gasteiger partial charge < -0.3 is 5.11 Å². The van der Waals surface area contributed by atoms with Crippen molar-refractivity contribution >= 4 is 27.7 Å². The Balaban J connectivity index is 2.67. The summed E-state index contributed by atoms with van der Waals surface area (Å²) < 4.78 is 14.0. The van der Waals surface area contributed by atoms with Gasteiger partial charge in [-0.1, -0.05) is 22.0 Å². The van der Waals surface area contributed by atoms with Crippen molar-refractivity contribution in [1.29, 1.82) is 0 Å². The van der Waals surface area contributed by atoms with Crippen molar-refractivity contribution in [2.75, 3.05) is 12.0 Å². The van der Waals surface area contributed by atoms with E-state index in [4.69, 9.17) is 0 Å². The van der Waals surface area contributed by atoms with E-state index in [1.807, 2.05) is 6.26 Å². The molecule has 1 aromatic rings. The van der Waals surface area contributed by atoms with Gasteiger partial charge in [0.1, 0.15) is 5.82 Å². The van der Waals surface area contributed by atoms with Crippen molar-refractivity contribution < 1.29 is 9.50 Å². The van der Waals surface area contributed by atoms with Crippen LogP contribution >= 0.6 is 27.7 Å². The first kappa shape index (κ1) is 12.0. The fourth-order valence-electron chi connectivity index (χ4n) is 1.19. The van der Waals surface area contributed by atoms with Crippen molar-refractivity contribution in [2.24, 2.45) is 0 Å². The topological polar surface area (TPSA) is 20.2 Å². The molecule has 0 radical (unpaired) electrons. The van der Waals surface area contributed by atoms with E-state index in [-0.39, 0.29) is 5.82 Å². The Kier molecular flexibility index (Phi) is 4.92. The number of aliphatic hydroxyl groups excluding tert-OH is 1. The van der Waals surface area contributed by atoms with Crippen molar-refractivity contribution in [1.82, 2.24) is 0 Å². The second kappa shape index (κ2) is 5.73. The van der Waals surface area contributed by atoms with Crippen LogP contribution in [0.5, 0.6) is 0 Å². The molecule has 1 unspecified atom stereocenters.